The van der Waals surface area contributed by atoms with Crippen molar-refractivity contribution >= 4 is 17.5 Å². The SMILES string of the molecule is CCN(c1nccc(C(=O)O)c1N)C1CC1. The monoisotopic (exact) mass is 221 g/mol. The first kappa shape index (κ1) is 10.7. The maximum absolute atomic E-state index is 10.9. The van der Waals surface area contributed by atoms with E-state index in [2.05, 4.69) is 9.88 Å². The summed E-state index contributed by atoms with van der Waals surface area (Å²) in [7, 11) is 0. The van der Waals surface area contributed by atoms with Crippen molar-refractivity contribution in [2.75, 3.05) is 17.2 Å². The lowest BCUT2D eigenvalue weighted by Crippen LogP contribution is -2.27. The van der Waals surface area contributed by atoms with Crippen molar-refractivity contribution in [3.63, 3.8) is 0 Å². The second-order valence-electron chi connectivity index (χ2n) is 3.92. The number of carboxylic acids is 1. The summed E-state index contributed by atoms with van der Waals surface area (Å²) < 4.78 is 0. The molecule has 5 heteroatoms. The highest BCUT2D eigenvalue weighted by molar-refractivity contribution is 5.96. The zero-order valence-electron chi connectivity index (χ0n) is 9.18. The van der Waals surface area contributed by atoms with Crippen LogP contribution in [0.15, 0.2) is 12.3 Å². The van der Waals surface area contributed by atoms with E-state index in [4.69, 9.17) is 10.8 Å². The lowest BCUT2D eigenvalue weighted by molar-refractivity contribution is 0.0698. The van der Waals surface area contributed by atoms with Gasteiger partial charge in [0.15, 0.2) is 5.82 Å². The van der Waals surface area contributed by atoms with Gasteiger partial charge in [0.2, 0.25) is 0 Å². The van der Waals surface area contributed by atoms with E-state index >= 15 is 0 Å². The molecule has 0 spiro atoms. The second-order valence-corrected chi connectivity index (χ2v) is 3.92. The molecule has 1 aromatic heterocycles. The highest BCUT2D eigenvalue weighted by Gasteiger charge is 2.30. The van der Waals surface area contributed by atoms with Gasteiger partial charge < -0.3 is 15.7 Å². The van der Waals surface area contributed by atoms with Gasteiger partial charge in [-0.25, -0.2) is 9.78 Å². The number of hydrogen-bond acceptors (Lipinski definition) is 4. The smallest absolute Gasteiger partial charge is 0.337 e. The third-order valence-corrected chi connectivity index (χ3v) is 2.80. The Bertz CT molecular complexity index is 416. The Morgan fingerprint density at radius 3 is 2.88 bits per heavy atom. The minimum atomic E-state index is -1.01. The fourth-order valence-corrected chi connectivity index (χ4v) is 1.84. The van der Waals surface area contributed by atoms with E-state index in [-0.39, 0.29) is 11.3 Å². The Morgan fingerprint density at radius 2 is 2.38 bits per heavy atom. The predicted octanol–water partition coefficient (Wildman–Crippen LogP) is 1.35. The van der Waals surface area contributed by atoms with Crippen molar-refractivity contribution in [2.45, 2.75) is 25.8 Å². The van der Waals surface area contributed by atoms with Gasteiger partial charge in [-0.05, 0) is 25.8 Å². The van der Waals surface area contributed by atoms with E-state index < -0.39 is 5.97 Å². The summed E-state index contributed by atoms with van der Waals surface area (Å²) in [6.45, 7) is 2.82. The van der Waals surface area contributed by atoms with Gasteiger partial charge in [-0.3, -0.25) is 0 Å². The minimum Gasteiger partial charge on any atom is -0.478 e. The van der Waals surface area contributed by atoms with E-state index in [1.54, 1.807) is 0 Å². The molecule has 1 aromatic rings. The van der Waals surface area contributed by atoms with Crippen LogP contribution in [0.5, 0.6) is 0 Å². The number of carboxylic acid groups (broad SMARTS) is 1. The lowest BCUT2D eigenvalue weighted by atomic mass is 10.2. The molecule has 3 N–H and O–H groups in total. The first-order valence-corrected chi connectivity index (χ1v) is 5.39. The molecule has 2 rings (SSSR count). The molecular weight excluding hydrogens is 206 g/mol. The number of aromatic nitrogens is 1. The molecule has 0 radical (unpaired) electrons. The average Bonchev–Trinajstić information content (AvgIpc) is 3.05. The van der Waals surface area contributed by atoms with Crippen LogP contribution in [-0.4, -0.2) is 28.6 Å². The summed E-state index contributed by atoms with van der Waals surface area (Å²) in [5.74, 6) is -0.405. The molecule has 0 aromatic carbocycles. The molecular formula is C11H15N3O2. The van der Waals surface area contributed by atoms with Gasteiger partial charge in [-0.2, -0.15) is 0 Å². The Labute approximate surface area is 93.9 Å². The van der Waals surface area contributed by atoms with Crippen molar-refractivity contribution in [3.05, 3.63) is 17.8 Å². The van der Waals surface area contributed by atoms with E-state index in [9.17, 15) is 4.79 Å². The first-order chi connectivity index (χ1) is 7.65. The Kier molecular flexibility index (Phi) is 2.68. The largest absolute Gasteiger partial charge is 0.478 e. The van der Waals surface area contributed by atoms with Crippen LogP contribution in [0, 0.1) is 0 Å². The molecule has 1 heterocycles. The highest BCUT2D eigenvalue weighted by atomic mass is 16.4. The van der Waals surface area contributed by atoms with Gasteiger partial charge in [0.05, 0.1) is 11.3 Å². The third-order valence-electron chi connectivity index (χ3n) is 2.80. The molecule has 0 atom stereocenters. The lowest BCUT2D eigenvalue weighted by Gasteiger charge is -2.23. The standard InChI is InChI=1S/C11H15N3O2/c1-2-14(7-3-4-7)10-9(12)8(11(15)16)5-6-13-10/h5-7H,2-4,12H2,1H3,(H,15,16). The number of hydrogen-bond donors (Lipinski definition) is 2. The van der Waals surface area contributed by atoms with E-state index in [1.165, 1.54) is 12.3 Å². The molecule has 1 aliphatic carbocycles. The molecule has 1 fully saturated rings. The highest BCUT2D eigenvalue weighted by Crippen LogP contribution is 2.34. The number of rotatable bonds is 4. The zero-order valence-corrected chi connectivity index (χ0v) is 9.18. The summed E-state index contributed by atoms with van der Waals surface area (Å²) in [6.07, 6.45) is 3.76. The molecule has 0 saturated heterocycles. The Balaban J connectivity index is 2.39. The quantitative estimate of drug-likeness (QED) is 0.802. The second kappa shape index (κ2) is 4.00. The van der Waals surface area contributed by atoms with Crippen LogP contribution in [0.3, 0.4) is 0 Å². The zero-order chi connectivity index (χ0) is 11.7. The van der Waals surface area contributed by atoms with Gasteiger partial charge in [0.1, 0.15) is 0 Å². The normalized spacial score (nSPS) is 14.8. The molecule has 16 heavy (non-hydrogen) atoms. The Morgan fingerprint density at radius 1 is 1.69 bits per heavy atom. The fourth-order valence-electron chi connectivity index (χ4n) is 1.84. The number of nitrogens with two attached hydrogens (primary N) is 1. The number of carbonyl (C=O) groups is 1. The predicted molar refractivity (Wildman–Crippen MR) is 61.7 cm³/mol. The first-order valence-electron chi connectivity index (χ1n) is 5.39. The van der Waals surface area contributed by atoms with Gasteiger partial charge >= 0.3 is 5.97 Å². The summed E-state index contributed by atoms with van der Waals surface area (Å²) in [5.41, 5.74) is 6.24. The third kappa shape index (κ3) is 1.80. The molecule has 1 saturated carbocycles. The van der Waals surface area contributed by atoms with Gasteiger partial charge in [-0.15, -0.1) is 0 Å². The molecule has 86 valence electrons. The van der Waals surface area contributed by atoms with Crippen molar-refractivity contribution < 1.29 is 9.90 Å². The average molecular weight is 221 g/mol. The van der Waals surface area contributed by atoms with Crippen LogP contribution in [0.1, 0.15) is 30.1 Å². The number of aromatic carboxylic acids is 1. The molecule has 0 amide bonds. The van der Waals surface area contributed by atoms with Gasteiger partial charge in [0.25, 0.3) is 0 Å². The summed E-state index contributed by atoms with van der Waals surface area (Å²) in [5, 5.41) is 8.97. The number of nitrogen functional groups attached to an aromatic ring is 1. The molecule has 0 unspecified atom stereocenters. The van der Waals surface area contributed by atoms with E-state index in [0.717, 1.165) is 19.4 Å². The van der Waals surface area contributed by atoms with Crippen LogP contribution in [0.25, 0.3) is 0 Å². The van der Waals surface area contributed by atoms with Crippen molar-refractivity contribution in [3.8, 4) is 0 Å². The number of anilines is 2. The van der Waals surface area contributed by atoms with Crippen molar-refractivity contribution in [2.24, 2.45) is 0 Å². The van der Waals surface area contributed by atoms with E-state index in [0.29, 0.717) is 11.9 Å². The summed E-state index contributed by atoms with van der Waals surface area (Å²) in [6, 6.07) is 1.91. The van der Waals surface area contributed by atoms with E-state index in [1.807, 2.05) is 6.92 Å². The summed E-state index contributed by atoms with van der Waals surface area (Å²) >= 11 is 0. The number of pyridine rings is 1. The maximum Gasteiger partial charge on any atom is 0.337 e. The maximum atomic E-state index is 10.9. The minimum absolute atomic E-state index is 0.129. The fraction of sp³-hybridized carbons (Fsp3) is 0.455. The summed E-state index contributed by atoms with van der Waals surface area (Å²) in [4.78, 5) is 17.2. The molecule has 0 bridgehead atoms. The molecule has 5 nitrogen and oxygen atoms in total. The van der Waals surface area contributed by atoms with Crippen LogP contribution < -0.4 is 10.6 Å². The van der Waals surface area contributed by atoms with Gasteiger partial charge in [0, 0.05) is 18.8 Å². The van der Waals surface area contributed by atoms with Crippen LogP contribution in [-0.2, 0) is 0 Å². The Hall–Kier alpha value is -1.78. The van der Waals surface area contributed by atoms with Crippen molar-refractivity contribution in [1.82, 2.24) is 4.98 Å². The molecule has 1 aliphatic rings. The molecule has 0 aliphatic heterocycles. The van der Waals surface area contributed by atoms with Crippen molar-refractivity contribution in [1.29, 1.82) is 0 Å². The van der Waals surface area contributed by atoms with Crippen LogP contribution in [0.2, 0.25) is 0 Å². The van der Waals surface area contributed by atoms with Crippen LogP contribution in [0.4, 0.5) is 11.5 Å². The van der Waals surface area contributed by atoms with Gasteiger partial charge in [-0.1, -0.05) is 0 Å². The number of nitrogens with zero attached hydrogens (tertiary/aromatic N) is 2. The van der Waals surface area contributed by atoms with Crippen LogP contribution >= 0.6 is 0 Å². The topological polar surface area (TPSA) is 79.5 Å².